The molecular formula is C16H23N3OS. The number of para-hydroxylation sites is 1. The number of hydrogen-bond acceptors (Lipinski definition) is 5. The van der Waals surface area contributed by atoms with E-state index in [2.05, 4.69) is 46.7 Å². The van der Waals surface area contributed by atoms with Crippen molar-refractivity contribution in [3.05, 3.63) is 40.9 Å². The Bertz CT molecular complexity index is 568. The summed E-state index contributed by atoms with van der Waals surface area (Å²) >= 11 is 1.62. The summed E-state index contributed by atoms with van der Waals surface area (Å²) in [7, 11) is 2.05. The third-order valence-electron chi connectivity index (χ3n) is 3.30. The molecule has 0 bridgehead atoms. The van der Waals surface area contributed by atoms with Crippen molar-refractivity contribution < 1.29 is 5.11 Å². The number of thiazole rings is 1. The van der Waals surface area contributed by atoms with Crippen molar-refractivity contribution in [2.24, 2.45) is 0 Å². The van der Waals surface area contributed by atoms with Gasteiger partial charge in [0, 0.05) is 24.2 Å². The van der Waals surface area contributed by atoms with Gasteiger partial charge in [-0.25, -0.2) is 4.98 Å². The van der Waals surface area contributed by atoms with Gasteiger partial charge in [-0.1, -0.05) is 18.2 Å². The highest BCUT2D eigenvalue weighted by Crippen LogP contribution is 2.23. The second kappa shape index (κ2) is 7.54. The highest BCUT2D eigenvalue weighted by atomic mass is 32.1. The van der Waals surface area contributed by atoms with Crippen molar-refractivity contribution in [1.82, 2.24) is 9.88 Å². The fourth-order valence-corrected chi connectivity index (χ4v) is 2.74. The molecular weight excluding hydrogens is 282 g/mol. The number of rotatable bonds is 7. The fourth-order valence-electron chi connectivity index (χ4n) is 2.03. The van der Waals surface area contributed by atoms with E-state index < -0.39 is 0 Å². The van der Waals surface area contributed by atoms with Crippen LogP contribution < -0.4 is 5.32 Å². The predicted molar refractivity (Wildman–Crippen MR) is 89.2 cm³/mol. The zero-order valence-electron chi connectivity index (χ0n) is 12.8. The van der Waals surface area contributed by atoms with Crippen LogP contribution in [0.3, 0.4) is 0 Å². The molecule has 1 aromatic carbocycles. The van der Waals surface area contributed by atoms with Gasteiger partial charge in [-0.2, -0.15) is 0 Å². The molecule has 0 amide bonds. The van der Waals surface area contributed by atoms with Crippen molar-refractivity contribution in [1.29, 1.82) is 0 Å². The molecule has 5 heteroatoms. The van der Waals surface area contributed by atoms with Gasteiger partial charge in [-0.3, -0.25) is 0 Å². The first kappa shape index (κ1) is 15.9. The minimum atomic E-state index is -0.249. The lowest BCUT2D eigenvalue weighted by Crippen LogP contribution is -2.22. The van der Waals surface area contributed by atoms with E-state index in [0.717, 1.165) is 36.0 Å². The summed E-state index contributed by atoms with van der Waals surface area (Å²) in [6, 6.07) is 8.20. The Balaban J connectivity index is 1.91. The Morgan fingerprint density at radius 2 is 2.14 bits per heavy atom. The highest BCUT2D eigenvalue weighted by Gasteiger charge is 2.07. The van der Waals surface area contributed by atoms with Crippen molar-refractivity contribution in [3.8, 4) is 0 Å². The molecule has 2 aromatic rings. The fraction of sp³-hybridized carbons (Fsp3) is 0.438. The number of nitrogens with zero attached hydrogens (tertiary/aromatic N) is 2. The molecule has 0 aliphatic rings. The van der Waals surface area contributed by atoms with Crippen LogP contribution >= 0.6 is 11.3 Å². The van der Waals surface area contributed by atoms with Gasteiger partial charge in [0.1, 0.15) is 0 Å². The van der Waals surface area contributed by atoms with E-state index in [4.69, 9.17) is 0 Å². The standard InChI is InChI=1S/C16H23N3OS/c1-12-6-4-5-7-15(12)18-16-17-14(11-21-16)10-19(3)9-8-13(2)20/h4-7,11,13,20H,8-10H2,1-3H3,(H,17,18). The van der Waals surface area contributed by atoms with E-state index in [-0.39, 0.29) is 6.10 Å². The second-order valence-corrected chi connectivity index (χ2v) is 6.32. The minimum Gasteiger partial charge on any atom is -0.393 e. The molecule has 0 radical (unpaired) electrons. The summed E-state index contributed by atoms with van der Waals surface area (Å²) < 4.78 is 0. The Morgan fingerprint density at radius 3 is 2.86 bits per heavy atom. The Hall–Kier alpha value is -1.43. The molecule has 0 spiro atoms. The molecule has 1 unspecified atom stereocenters. The minimum absolute atomic E-state index is 0.249. The molecule has 0 aliphatic heterocycles. The molecule has 1 atom stereocenters. The normalized spacial score (nSPS) is 12.6. The van der Waals surface area contributed by atoms with Crippen LogP contribution in [0.4, 0.5) is 10.8 Å². The molecule has 114 valence electrons. The summed E-state index contributed by atoms with van der Waals surface area (Å²) in [6.07, 6.45) is 0.538. The molecule has 0 aliphatic carbocycles. The lowest BCUT2D eigenvalue weighted by Gasteiger charge is -2.15. The topological polar surface area (TPSA) is 48.4 Å². The van der Waals surface area contributed by atoms with Crippen LogP contribution in [0.5, 0.6) is 0 Å². The van der Waals surface area contributed by atoms with E-state index in [1.54, 1.807) is 11.3 Å². The van der Waals surface area contributed by atoms with Gasteiger partial charge < -0.3 is 15.3 Å². The van der Waals surface area contributed by atoms with Crippen molar-refractivity contribution in [2.75, 3.05) is 18.9 Å². The SMILES string of the molecule is Cc1ccccc1Nc1nc(CN(C)CCC(C)O)cs1. The van der Waals surface area contributed by atoms with Gasteiger partial charge in [-0.05, 0) is 38.9 Å². The zero-order chi connectivity index (χ0) is 15.2. The molecule has 2 rings (SSSR count). The Morgan fingerprint density at radius 1 is 1.38 bits per heavy atom. The summed E-state index contributed by atoms with van der Waals surface area (Å²) in [4.78, 5) is 6.80. The molecule has 0 fully saturated rings. The molecule has 1 heterocycles. The summed E-state index contributed by atoms with van der Waals surface area (Å²) in [6.45, 7) is 5.58. The molecule has 4 nitrogen and oxygen atoms in total. The van der Waals surface area contributed by atoms with E-state index in [9.17, 15) is 5.11 Å². The number of aromatic nitrogens is 1. The maximum Gasteiger partial charge on any atom is 0.187 e. The van der Waals surface area contributed by atoms with E-state index in [0.29, 0.717) is 0 Å². The first-order valence-electron chi connectivity index (χ1n) is 7.18. The molecule has 1 aromatic heterocycles. The third-order valence-corrected chi connectivity index (χ3v) is 4.11. The number of anilines is 2. The summed E-state index contributed by atoms with van der Waals surface area (Å²) in [5.41, 5.74) is 3.37. The quantitative estimate of drug-likeness (QED) is 0.823. The van der Waals surface area contributed by atoms with E-state index in [1.807, 2.05) is 19.1 Å². The molecule has 0 saturated carbocycles. The Kier molecular flexibility index (Phi) is 5.73. The van der Waals surface area contributed by atoms with Crippen LogP contribution in [0, 0.1) is 6.92 Å². The first-order valence-corrected chi connectivity index (χ1v) is 8.06. The van der Waals surface area contributed by atoms with Crippen molar-refractivity contribution in [3.63, 3.8) is 0 Å². The molecule has 0 saturated heterocycles. The molecule has 21 heavy (non-hydrogen) atoms. The first-order chi connectivity index (χ1) is 10.0. The summed E-state index contributed by atoms with van der Waals surface area (Å²) in [5.74, 6) is 0. The van der Waals surface area contributed by atoms with Crippen LogP contribution in [0.25, 0.3) is 0 Å². The van der Waals surface area contributed by atoms with Gasteiger partial charge in [0.2, 0.25) is 0 Å². The number of aliphatic hydroxyl groups excluding tert-OH is 1. The van der Waals surface area contributed by atoms with E-state index >= 15 is 0 Å². The van der Waals surface area contributed by atoms with Gasteiger partial charge in [-0.15, -0.1) is 11.3 Å². The van der Waals surface area contributed by atoms with Crippen LogP contribution in [-0.2, 0) is 6.54 Å². The third kappa shape index (κ3) is 5.12. The number of nitrogens with one attached hydrogen (secondary N) is 1. The number of aliphatic hydroxyl groups is 1. The monoisotopic (exact) mass is 305 g/mol. The van der Waals surface area contributed by atoms with Crippen LogP contribution in [0.1, 0.15) is 24.6 Å². The molecule has 2 N–H and O–H groups in total. The number of aryl methyl sites for hydroxylation is 1. The number of benzene rings is 1. The lowest BCUT2D eigenvalue weighted by atomic mass is 10.2. The predicted octanol–water partition coefficient (Wildman–Crippen LogP) is 3.40. The van der Waals surface area contributed by atoms with Crippen LogP contribution in [0.2, 0.25) is 0 Å². The van der Waals surface area contributed by atoms with Gasteiger partial charge in [0.25, 0.3) is 0 Å². The van der Waals surface area contributed by atoms with Crippen LogP contribution in [0.15, 0.2) is 29.6 Å². The maximum atomic E-state index is 9.31. The smallest absolute Gasteiger partial charge is 0.187 e. The van der Waals surface area contributed by atoms with Crippen molar-refractivity contribution in [2.45, 2.75) is 32.9 Å². The van der Waals surface area contributed by atoms with Crippen molar-refractivity contribution >= 4 is 22.2 Å². The second-order valence-electron chi connectivity index (χ2n) is 5.46. The van der Waals surface area contributed by atoms with Gasteiger partial charge >= 0.3 is 0 Å². The zero-order valence-corrected chi connectivity index (χ0v) is 13.7. The van der Waals surface area contributed by atoms with Gasteiger partial charge in [0.15, 0.2) is 5.13 Å². The highest BCUT2D eigenvalue weighted by molar-refractivity contribution is 7.13. The maximum absolute atomic E-state index is 9.31. The van der Waals surface area contributed by atoms with E-state index in [1.165, 1.54) is 5.56 Å². The number of hydrogen-bond donors (Lipinski definition) is 2. The lowest BCUT2D eigenvalue weighted by molar-refractivity contribution is 0.162. The summed E-state index contributed by atoms with van der Waals surface area (Å²) in [5, 5.41) is 15.7. The average molecular weight is 305 g/mol. The van der Waals surface area contributed by atoms with Crippen LogP contribution in [-0.4, -0.2) is 34.7 Å². The Labute approximate surface area is 130 Å². The van der Waals surface area contributed by atoms with Gasteiger partial charge in [0.05, 0.1) is 11.8 Å². The largest absolute Gasteiger partial charge is 0.393 e. The average Bonchev–Trinajstić information content (AvgIpc) is 2.86.